The lowest BCUT2D eigenvalue weighted by molar-refractivity contribution is -0.115. The molecule has 0 atom stereocenters. The number of hydrogen-bond acceptors (Lipinski definition) is 3. The average molecular weight is 379 g/mol. The van der Waals surface area contributed by atoms with E-state index in [2.05, 4.69) is 26.3 Å². The van der Waals surface area contributed by atoms with Crippen molar-refractivity contribution < 1.29 is 9.59 Å². The molecule has 3 N–H and O–H groups in total. The molecule has 0 unspecified atom stereocenters. The van der Waals surface area contributed by atoms with Crippen LogP contribution in [0.3, 0.4) is 0 Å². The number of aryl methyl sites for hydroxylation is 2. The standard InChI is InChI=1S/C16H19BrN4O2/c1-3-4-12-14(15(16(18)23)21(2)20-12)19-13(22)9-10-5-7-11(17)8-6-10/h5-8H,3-4,9H2,1-2H3,(H2,18,23)(H,19,22). The second-order valence-electron chi connectivity index (χ2n) is 5.26. The van der Waals surface area contributed by atoms with Crippen LogP contribution in [0.1, 0.15) is 35.1 Å². The minimum Gasteiger partial charge on any atom is -0.364 e. The van der Waals surface area contributed by atoms with E-state index < -0.39 is 5.91 Å². The van der Waals surface area contributed by atoms with Crippen molar-refractivity contribution in [2.24, 2.45) is 12.8 Å². The number of rotatable bonds is 6. The van der Waals surface area contributed by atoms with Gasteiger partial charge in [0.2, 0.25) is 5.91 Å². The van der Waals surface area contributed by atoms with Crippen LogP contribution in [0.2, 0.25) is 0 Å². The van der Waals surface area contributed by atoms with Crippen molar-refractivity contribution in [2.45, 2.75) is 26.2 Å². The van der Waals surface area contributed by atoms with Crippen molar-refractivity contribution in [2.75, 3.05) is 5.32 Å². The van der Waals surface area contributed by atoms with E-state index in [0.29, 0.717) is 17.8 Å². The fraction of sp³-hybridized carbons (Fsp3) is 0.312. The normalized spacial score (nSPS) is 10.6. The second kappa shape index (κ2) is 7.41. The van der Waals surface area contributed by atoms with Crippen molar-refractivity contribution >= 4 is 33.4 Å². The maximum Gasteiger partial charge on any atom is 0.269 e. The Kier molecular flexibility index (Phi) is 5.54. The molecule has 1 aromatic heterocycles. The molecular formula is C16H19BrN4O2. The first kappa shape index (κ1) is 17.2. The number of nitrogens with two attached hydrogens (primary N) is 1. The van der Waals surface area contributed by atoms with E-state index in [1.165, 1.54) is 4.68 Å². The van der Waals surface area contributed by atoms with Crippen molar-refractivity contribution in [3.05, 3.63) is 45.7 Å². The fourth-order valence-electron chi connectivity index (χ4n) is 2.38. The molecule has 23 heavy (non-hydrogen) atoms. The summed E-state index contributed by atoms with van der Waals surface area (Å²) in [5.74, 6) is -0.818. The van der Waals surface area contributed by atoms with Crippen LogP contribution in [0.4, 0.5) is 5.69 Å². The molecule has 122 valence electrons. The Morgan fingerprint density at radius 2 is 1.96 bits per heavy atom. The molecule has 2 aromatic rings. The number of anilines is 1. The molecule has 2 rings (SSSR count). The predicted molar refractivity (Wildman–Crippen MR) is 92.2 cm³/mol. The number of halogens is 1. The summed E-state index contributed by atoms with van der Waals surface area (Å²) in [4.78, 5) is 23.9. The largest absolute Gasteiger partial charge is 0.364 e. The lowest BCUT2D eigenvalue weighted by Crippen LogP contribution is -2.21. The summed E-state index contributed by atoms with van der Waals surface area (Å²) in [5, 5.41) is 7.08. The summed E-state index contributed by atoms with van der Waals surface area (Å²) >= 11 is 3.36. The Balaban J connectivity index is 2.22. The maximum atomic E-state index is 12.3. The number of primary amides is 1. The van der Waals surface area contributed by atoms with Crippen molar-refractivity contribution in [3.63, 3.8) is 0 Å². The molecular weight excluding hydrogens is 360 g/mol. The Hall–Kier alpha value is -2.15. The molecule has 0 aliphatic carbocycles. The molecule has 0 spiro atoms. The molecule has 7 heteroatoms. The van der Waals surface area contributed by atoms with Gasteiger partial charge >= 0.3 is 0 Å². The van der Waals surface area contributed by atoms with E-state index in [0.717, 1.165) is 16.5 Å². The minimum absolute atomic E-state index is 0.208. The van der Waals surface area contributed by atoms with Crippen molar-refractivity contribution in [1.82, 2.24) is 9.78 Å². The van der Waals surface area contributed by atoms with E-state index >= 15 is 0 Å². The van der Waals surface area contributed by atoms with Crippen LogP contribution in [0.5, 0.6) is 0 Å². The summed E-state index contributed by atoms with van der Waals surface area (Å²) in [6.07, 6.45) is 1.73. The van der Waals surface area contributed by atoms with E-state index in [1.807, 2.05) is 31.2 Å². The highest BCUT2D eigenvalue weighted by molar-refractivity contribution is 9.10. The quantitative estimate of drug-likeness (QED) is 0.808. The van der Waals surface area contributed by atoms with E-state index in [1.54, 1.807) is 7.05 Å². The molecule has 0 radical (unpaired) electrons. The first-order valence-corrected chi connectivity index (χ1v) is 8.11. The number of aromatic nitrogens is 2. The van der Waals surface area contributed by atoms with Gasteiger partial charge in [0.05, 0.1) is 17.8 Å². The third kappa shape index (κ3) is 4.19. The maximum absolute atomic E-state index is 12.3. The summed E-state index contributed by atoms with van der Waals surface area (Å²) in [6, 6.07) is 7.50. The van der Waals surface area contributed by atoms with Gasteiger partial charge in [-0.3, -0.25) is 14.3 Å². The Morgan fingerprint density at radius 1 is 1.30 bits per heavy atom. The van der Waals surface area contributed by atoms with Crippen LogP contribution >= 0.6 is 15.9 Å². The highest BCUT2D eigenvalue weighted by atomic mass is 79.9. The number of nitrogens with one attached hydrogen (secondary N) is 1. The topological polar surface area (TPSA) is 90.0 Å². The van der Waals surface area contributed by atoms with Gasteiger partial charge in [0, 0.05) is 11.5 Å². The average Bonchev–Trinajstić information content (AvgIpc) is 2.77. The number of amides is 2. The molecule has 2 amide bonds. The first-order valence-electron chi connectivity index (χ1n) is 7.32. The van der Waals surface area contributed by atoms with Crippen LogP contribution in [0.25, 0.3) is 0 Å². The van der Waals surface area contributed by atoms with E-state index in [-0.39, 0.29) is 18.0 Å². The number of carbonyl (C=O) groups excluding carboxylic acids is 2. The van der Waals surface area contributed by atoms with Crippen LogP contribution < -0.4 is 11.1 Å². The zero-order chi connectivity index (χ0) is 17.0. The van der Waals surface area contributed by atoms with E-state index in [4.69, 9.17) is 5.73 Å². The Bertz CT molecular complexity index is 722. The third-order valence-corrected chi connectivity index (χ3v) is 3.91. The molecule has 1 heterocycles. The molecule has 0 aliphatic rings. The smallest absolute Gasteiger partial charge is 0.269 e. The van der Waals surface area contributed by atoms with E-state index in [9.17, 15) is 9.59 Å². The van der Waals surface area contributed by atoms with Gasteiger partial charge in [-0.15, -0.1) is 0 Å². The fourth-order valence-corrected chi connectivity index (χ4v) is 2.64. The minimum atomic E-state index is -0.610. The number of nitrogens with zero attached hydrogens (tertiary/aromatic N) is 2. The molecule has 0 aliphatic heterocycles. The van der Waals surface area contributed by atoms with Gasteiger partial charge in [-0.1, -0.05) is 41.4 Å². The molecule has 6 nitrogen and oxygen atoms in total. The van der Waals surface area contributed by atoms with Gasteiger partial charge in [0.25, 0.3) is 5.91 Å². The van der Waals surface area contributed by atoms with Crippen molar-refractivity contribution in [1.29, 1.82) is 0 Å². The third-order valence-electron chi connectivity index (χ3n) is 3.38. The van der Waals surface area contributed by atoms with Gasteiger partial charge in [-0.05, 0) is 24.1 Å². The molecule has 0 fully saturated rings. The monoisotopic (exact) mass is 378 g/mol. The second-order valence-corrected chi connectivity index (χ2v) is 6.18. The number of carbonyl (C=O) groups is 2. The molecule has 0 saturated heterocycles. The highest BCUT2D eigenvalue weighted by Crippen LogP contribution is 2.22. The number of hydrogen-bond donors (Lipinski definition) is 2. The Morgan fingerprint density at radius 3 is 2.52 bits per heavy atom. The molecule has 0 bridgehead atoms. The molecule has 1 aromatic carbocycles. The zero-order valence-corrected chi connectivity index (χ0v) is 14.7. The van der Waals surface area contributed by atoms with Crippen LogP contribution in [0.15, 0.2) is 28.7 Å². The number of benzene rings is 1. The van der Waals surface area contributed by atoms with Gasteiger partial charge in [0.1, 0.15) is 5.69 Å². The summed E-state index contributed by atoms with van der Waals surface area (Å²) in [5.41, 5.74) is 7.61. The SMILES string of the molecule is CCCc1nn(C)c(C(N)=O)c1NC(=O)Cc1ccc(Br)cc1. The zero-order valence-electron chi connectivity index (χ0n) is 13.1. The van der Waals surface area contributed by atoms with Crippen LogP contribution in [-0.4, -0.2) is 21.6 Å². The highest BCUT2D eigenvalue weighted by Gasteiger charge is 2.21. The van der Waals surface area contributed by atoms with Gasteiger partial charge in [0.15, 0.2) is 0 Å². The molecule has 0 saturated carbocycles. The first-order chi connectivity index (χ1) is 10.9. The summed E-state index contributed by atoms with van der Waals surface area (Å²) < 4.78 is 2.37. The van der Waals surface area contributed by atoms with Crippen molar-refractivity contribution in [3.8, 4) is 0 Å². The van der Waals surface area contributed by atoms with Gasteiger partial charge < -0.3 is 11.1 Å². The summed E-state index contributed by atoms with van der Waals surface area (Å²) in [7, 11) is 1.64. The summed E-state index contributed by atoms with van der Waals surface area (Å²) in [6.45, 7) is 2.01. The van der Waals surface area contributed by atoms with Gasteiger partial charge in [-0.2, -0.15) is 5.10 Å². The van der Waals surface area contributed by atoms with Crippen LogP contribution in [0, 0.1) is 0 Å². The Labute approximate surface area is 143 Å². The predicted octanol–water partition coefficient (Wildman–Crippen LogP) is 2.42. The van der Waals surface area contributed by atoms with Crippen LogP contribution in [-0.2, 0) is 24.7 Å². The lowest BCUT2D eigenvalue weighted by Gasteiger charge is -2.07. The lowest BCUT2D eigenvalue weighted by atomic mass is 10.1. The van der Waals surface area contributed by atoms with Gasteiger partial charge in [-0.25, -0.2) is 0 Å².